The van der Waals surface area contributed by atoms with E-state index in [4.69, 9.17) is 5.73 Å². The van der Waals surface area contributed by atoms with Crippen LogP contribution in [0, 0.1) is 5.92 Å². The third-order valence-corrected chi connectivity index (χ3v) is 3.38. The van der Waals surface area contributed by atoms with Crippen molar-refractivity contribution in [3.8, 4) is 0 Å². The van der Waals surface area contributed by atoms with Crippen LogP contribution in [0.15, 0.2) is 0 Å². The zero-order valence-corrected chi connectivity index (χ0v) is 9.25. The average molecular weight is 193 g/mol. The summed E-state index contributed by atoms with van der Waals surface area (Å²) < 4.78 is 1.82. The fourth-order valence-corrected chi connectivity index (χ4v) is 2.30. The smallest absolute Gasteiger partial charge is 0.124 e. The Morgan fingerprint density at radius 1 is 1.50 bits per heavy atom. The van der Waals surface area contributed by atoms with Gasteiger partial charge in [-0.1, -0.05) is 20.3 Å². The first-order chi connectivity index (χ1) is 6.69. The minimum atomic E-state index is 0.693. The summed E-state index contributed by atoms with van der Waals surface area (Å²) in [5, 5.41) is 4.53. The predicted octanol–water partition coefficient (Wildman–Crippen LogP) is 2.08. The SMILES string of the molecule is CCc1c(C2CC2CC)nn(C)c1N. The highest BCUT2D eigenvalue weighted by Crippen LogP contribution is 2.50. The molecule has 1 heterocycles. The van der Waals surface area contributed by atoms with Crippen molar-refractivity contribution in [2.75, 3.05) is 5.73 Å². The molecule has 2 atom stereocenters. The lowest BCUT2D eigenvalue weighted by Crippen LogP contribution is -1.98. The van der Waals surface area contributed by atoms with E-state index in [0.29, 0.717) is 5.92 Å². The molecule has 0 saturated heterocycles. The third-order valence-electron chi connectivity index (χ3n) is 3.38. The first-order valence-electron chi connectivity index (χ1n) is 5.50. The molecule has 1 aliphatic carbocycles. The van der Waals surface area contributed by atoms with Gasteiger partial charge < -0.3 is 5.73 Å². The summed E-state index contributed by atoms with van der Waals surface area (Å²) in [5.41, 5.74) is 8.50. The molecule has 1 aromatic heterocycles. The number of aromatic nitrogens is 2. The van der Waals surface area contributed by atoms with Crippen molar-refractivity contribution in [2.45, 2.75) is 39.0 Å². The minimum Gasteiger partial charge on any atom is -0.384 e. The third kappa shape index (κ3) is 1.31. The molecular formula is C11H19N3. The molecule has 78 valence electrons. The summed E-state index contributed by atoms with van der Waals surface area (Å²) in [4.78, 5) is 0. The number of nitrogens with two attached hydrogens (primary N) is 1. The molecule has 1 fully saturated rings. The molecular weight excluding hydrogens is 174 g/mol. The van der Waals surface area contributed by atoms with Crippen molar-refractivity contribution in [3.05, 3.63) is 11.3 Å². The summed E-state index contributed by atoms with van der Waals surface area (Å²) >= 11 is 0. The van der Waals surface area contributed by atoms with E-state index in [1.54, 1.807) is 0 Å². The van der Waals surface area contributed by atoms with Gasteiger partial charge in [0.2, 0.25) is 0 Å². The maximum Gasteiger partial charge on any atom is 0.124 e. The molecule has 0 spiro atoms. The summed E-state index contributed by atoms with van der Waals surface area (Å²) in [7, 11) is 1.93. The topological polar surface area (TPSA) is 43.8 Å². The zero-order chi connectivity index (χ0) is 10.3. The zero-order valence-electron chi connectivity index (χ0n) is 9.25. The molecule has 2 rings (SSSR count). The van der Waals surface area contributed by atoms with E-state index in [0.717, 1.165) is 18.2 Å². The van der Waals surface area contributed by atoms with Crippen LogP contribution in [0.3, 0.4) is 0 Å². The Morgan fingerprint density at radius 3 is 2.71 bits per heavy atom. The molecule has 2 unspecified atom stereocenters. The van der Waals surface area contributed by atoms with Crippen LogP contribution in [0.25, 0.3) is 0 Å². The summed E-state index contributed by atoms with van der Waals surface area (Å²) in [6.45, 7) is 4.41. The highest BCUT2D eigenvalue weighted by molar-refractivity contribution is 5.46. The van der Waals surface area contributed by atoms with E-state index in [1.807, 2.05) is 11.7 Å². The van der Waals surface area contributed by atoms with Gasteiger partial charge in [-0.3, -0.25) is 4.68 Å². The van der Waals surface area contributed by atoms with Gasteiger partial charge in [-0.15, -0.1) is 0 Å². The maximum atomic E-state index is 5.97. The number of hydrogen-bond donors (Lipinski definition) is 1. The molecule has 0 aromatic carbocycles. The molecule has 0 bridgehead atoms. The molecule has 0 amide bonds. The van der Waals surface area contributed by atoms with Gasteiger partial charge in [0.05, 0.1) is 5.69 Å². The number of hydrogen-bond acceptors (Lipinski definition) is 2. The number of nitrogens with zero attached hydrogens (tertiary/aromatic N) is 2. The van der Waals surface area contributed by atoms with Gasteiger partial charge in [0.25, 0.3) is 0 Å². The van der Waals surface area contributed by atoms with E-state index in [9.17, 15) is 0 Å². The maximum absolute atomic E-state index is 5.97. The van der Waals surface area contributed by atoms with Crippen LogP contribution in [0.2, 0.25) is 0 Å². The predicted molar refractivity (Wildman–Crippen MR) is 58.1 cm³/mol. The van der Waals surface area contributed by atoms with Crippen molar-refractivity contribution < 1.29 is 0 Å². The number of aryl methyl sites for hydroxylation is 1. The fraction of sp³-hybridized carbons (Fsp3) is 0.727. The van der Waals surface area contributed by atoms with E-state index in [2.05, 4.69) is 18.9 Å². The van der Waals surface area contributed by atoms with Gasteiger partial charge in [0.1, 0.15) is 5.82 Å². The van der Waals surface area contributed by atoms with Gasteiger partial charge >= 0.3 is 0 Å². The van der Waals surface area contributed by atoms with E-state index >= 15 is 0 Å². The molecule has 1 aromatic rings. The molecule has 2 N–H and O–H groups in total. The quantitative estimate of drug-likeness (QED) is 0.798. The van der Waals surface area contributed by atoms with Crippen LogP contribution in [-0.2, 0) is 13.5 Å². The lowest BCUT2D eigenvalue weighted by atomic mass is 10.1. The molecule has 0 aliphatic heterocycles. The normalized spacial score (nSPS) is 25.4. The molecule has 3 nitrogen and oxygen atoms in total. The molecule has 14 heavy (non-hydrogen) atoms. The molecule has 1 saturated carbocycles. The number of nitrogen functional groups attached to an aromatic ring is 1. The summed E-state index contributed by atoms with van der Waals surface area (Å²) in [6, 6.07) is 0. The van der Waals surface area contributed by atoms with Crippen molar-refractivity contribution in [1.29, 1.82) is 0 Å². The van der Waals surface area contributed by atoms with Crippen LogP contribution in [0.5, 0.6) is 0 Å². The Labute approximate surface area is 85.3 Å². The largest absolute Gasteiger partial charge is 0.384 e. The van der Waals surface area contributed by atoms with Gasteiger partial charge in [0.15, 0.2) is 0 Å². The Kier molecular flexibility index (Phi) is 2.25. The van der Waals surface area contributed by atoms with Crippen molar-refractivity contribution >= 4 is 5.82 Å². The Morgan fingerprint density at radius 2 is 2.21 bits per heavy atom. The number of rotatable bonds is 3. The monoisotopic (exact) mass is 193 g/mol. The van der Waals surface area contributed by atoms with E-state index in [-0.39, 0.29) is 0 Å². The highest BCUT2D eigenvalue weighted by atomic mass is 15.3. The first-order valence-corrected chi connectivity index (χ1v) is 5.50. The van der Waals surface area contributed by atoms with Crippen LogP contribution in [-0.4, -0.2) is 9.78 Å². The Hall–Kier alpha value is -0.990. The van der Waals surface area contributed by atoms with Crippen LogP contribution in [0.4, 0.5) is 5.82 Å². The lowest BCUT2D eigenvalue weighted by Gasteiger charge is -1.98. The Bertz CT molecular complexity index is 341. The second-order valence-electron chi connectivity index (χ2n) is 4.24. The van der Waals surface area contributed by atoms with Crippen molar-refractivity contribution in [1.82, 2.24) is 9.78 Å². The van der Waals surface area contributed by atoms with E-state index < -0.39 is 0 Å². The van der Waals surface area contributed by atoms with E-state index in [1.165, 1.54) is 24.1 Å². The first kappa shape index (κ1) is 9.56. The summed E-state index contributed by atoms with van der Waals surface area (Å²) in [6.07, 6.45) is 3.58. The Balaban J connectivity index is 2.30. The van der Waals surface area contributed by atoms with Gasteiger partial charge in [0, 0.05) is 18.5 Å². The van der Waals surface area contributed by atoms with Crippen LogP contribution >= 0.6 is 0 Å². The van der Waals surface area contributed by atoms with Crippen molar-refractivity contribution in [2.24, 2.45) is 13.0 Å². The van der Waals surface area contributed by atoms with Gasteiger partial charge in [-0.25, -0.2) is 0 Å². The summed E-state index contributed by atoms with van der Waals surface area (Å²) in [5.74, 6) is 2.40. The second kappa shape index (κ2) is 3.30. The number of anilines is 1. The van der Waals surface area contributed by atoms with Crippen LogP contribution in [0.1, 0.15) is 43.9 Å². The van der Waals surface area contributed by atoms with Gasteiger partial charge in [-0.05, 0) is 18.8 Å². The van der Waals surface area contributed by atoms with Crippen LogP contribution < -0.4 is 5.73 Å². The highest BCUT2D eigenvalue weighted by Gasteiger charge is 2.40. The minimum absolute atomic E-state index is 0.693. The van der Waals surface area contributed by atoms with Gasteiger partial charge in [-0.2, -0.15) is 5.10 Å². The fourth-order valence-electron chi connectivity index (χ4n) is 2.30. The standard InChI is InChI=1S/C11H19N3/c1-4-7-6-9(7)10-8(5-2)11(12)14(3)13-10/h7,9H,4-6,12H2,1-3H3. The molecule has 3 heteroatoms. The molecule has 1 aliphatic rings. The van der Waals surface area contributed by atoms with Crippen molar-refractivity contribution in [3.63, 3.8) is 0 Å². The second-order valence-corrected chi connectivity index (χ2v) is 4.24. The lowest BCUT2D eigenvalue weighted by molar-refractivity contribution is 0.716. The molecule has 0 radical (unpaired) electrons. The average Bonchev–Trinajstić information content (AvgIpc) is 2.90.